The Bertz CT molecular complexity index is 932. The van der Waals surface area contributed by atoms with Crippen molar-refractivity contribution in [1.29, 1.82) is 0 Å². The van der Waals surface area contributed by atoms with E-state index in [0.29, 0.717) is 48.8 Å². The molecule has 1 aliphatic heterocycles. The fourth-order valence-electron chi connectivity index (χ4n) is 3.77. The zero-order chi connectivity index (χ0) is 22.6. The lowest BCUT2D eigenvalue weighted by atomic mass is 9.86. The van der Waals surface area contributed by atoms with Crippen LogP contribution in [0.25, 0.3) is 0 Å². The van der Waals surface area contributed by atoms with Crippen LogP contribution in [0.3, 0.4) is 0 Å². The number of ether oxygens (including phenoxy) is 2. The molecule has 0 aromatic heterocycles. The first kappa shape index (κ1) is 22.7. The largest absolute Gasteiger partial charge is 0.493 e. The zero-order valence-corrected chi connectivity index (χ0v) is 19.1. The predicted octanol–water partition coefficient (Wildman–Crippen LogP) is 3.99. The number of nitrogens with zero attached hydrogens (tertiary/aromatic N) is 2. The molecule has 2 amide bonds. The number of carbonyl (C=O) groups is 2. The third kappa shape index (κ3) is 5.19. The highest BCUT2D eigenvalue weighted by atomic mass is 16.5. The summed E-state index contributed by atoms with van der Waals surface area (Å²) in [6.07, 6.45) is 0.741. The first-order valence-corrected chi connectivity index (χ1v) is 10.7. The second-order valence-electron chi connectivity index (χ2n) is 8.84. The van der Waals surface area contributed by atoms with E-state index in [-0.39, 0.29) is 17.2 Å². The molecule has 0 N–H and O–H groups in total. The normalized spacial score (nSPS) is 14.7. The molecule has 1 heterocycles. The Hall–Kier alpha value is -3.02. The number of amides is 2. The van der Waals surface area contributed by atoms with Crippen LogP contribution in [0.2, 0.25) is 0 Å². The van der Waals surface area contributed by atoms with E-state index in [9.17, 15) is 9.59 Å². The van der Waals surface area contributed by atoms with Gasteiger partial charge in [0.05, 0.1) is 14.2 Å². The Morgan fingerprint density at radius 2 is 1.26 bits per heavy atom. The van der Waals surface area contributed by atoms with Gasteiger partial charge in [-0.25, -0.2) is 0 Å². The molecule has 31 heavy (non-hydrogen) atoms. The Labute approximate surface area is 184 Å². The smallest absolute Gasteiger partial charge is 0.254 e. The fraction of sp³-hybridized carbons (Fsp3) is 0.440. The van der Waals surface area contributed by atoms with E-state index >= 15 is 0 Å². The van der Waals surface area contributed by atoms with Gasteiger partial charge in [-0.05, 0) is 47.7 Å². The Kier molecular flexibility index (Phi) is 6.88. The van der Waals surface area contributed by atoms with Gasteiger partial charge in [-0.1, -0.05) is 32.9 Å². The minimum absolute atomic E-state index is 0.0147. The molecule has 6 heteroatoms. The van der Waals surface area contributed by atoms with Crippen LogP contribution in [0, 0.1) is 0 Å². The summed E-state index contributed by atoms with van der Waals surface area (Å²) in [6.45, 7) is 8.72. The Balaban J connectivity index is 1.67. The number of benzene rings is 2. The molecule has 1 aliphatic rings. The van der Waals surface area contributed by atoms with Crippen molar-refractivity contribution >= 4 is 11.8 Å². The minimum Gasteiger partial charge on any atom is -0.493 e. The van der Waals surface area contributed by atoms with Crippen LogP contribution in [0.1, 0.15) is 53.5 Å². The molecule has 0 bridgehead atoms. The summed E-state index contributed by atoms with van der Waals surface area (Å²) in [4.78, 5) is 29.7. The van der Waals surface area contributed by atoms with Crippen molar-refractivity contribution in [3.8, 4) is 11.5 Å². The van der Waals surface area contributed by atoms with Crippen molar-refractivity contribution in [3.05, 3.63) is 59.2 Å². The molecular weight excluding hydrogens is 392 g/mol. The van der Waals surface area contributed by atoms with E-state index in [0.717, 1.165) is 6.42 Å². The third-order valence-corrected chi connectivity index (χ3v) is 5.70. The molecule has 2 aromatic rings. The van der Waals surface area contributed by atoms with Gasteiger partial charge in [0.2, 0.25) is 0 Å². The lowest BCUT2D eigenvalue weighted by Crippen LogP contribution is -2.37. The molecular formula is C25H32N2O4. The van der Waals surface area contributed by atoms with Crippen molar-refractivity contribution in [1.82, 2.24) is 9.80 Å². The second kappa shape index (κ2) is 9.41. The van der Waals surface area contributed by atoms with Gasteiger partial charge in [-0.2, -0.15) is 0 Å². The SMILES string of the molecule is COc1ccc(C(=O)N2CCCN(C(=O)c3ccc(C(C)(C)C)cc3)CC2)cc1OC. The van der Waals surface area contributed by atoms with Crippen LogP contribution in [0.15, 0.2) is 42.5 Å². The lowest BCUT2D eigenvalue weighted by molar-refractivity contribution is 0.0718. The van der Waals surface area contributed by atoms with Crippen molar-refractivity contribution in [2.75, 3.05) is 40.4 Å². The predicted molar refractivity (Wildman–Crippen MR) is 121 cm³/mol. The highest BCUT2D eigenvalue weighted by molar-refractivity contribution is 5.96. The summed E-state index contributed by atoms with van der Waals surface area (Å²) in [7, 11) is 3.12. The first-order valence-electron chi connectivity index (χ1n) is 10.7. The van der Waals surface area contributed by atoms with Crippen molar-refractivity contribution in [2.45, 2.75) is 32.6 Å². The molecule has 1 fully saturated rings. The Morgan fingerprint density at radius 3 is 1.77 bits per heavy atom. The first-order chi connectivity index (χ1) is 14.7. The van der Waals surface area contributed by atoms with E-state index in [1.165, 1.54) is 5.56 Å². The van der Waals surface area contributed by atoms with Crippen LogP contribution >= 0.6 is 0 Å². The van der Waals surface area contributed by atoms with Gasteiger partial charge >= 0.3 is 0 Å². The molecule has 0 spiro atoms. The summed E-state index contributed by atoms with van der Waals surface area (Å²) in [5, 5.41) is 0. The van der Waals surface area contributed by atoms with Gasteiger partial charge in [-0.15, -0.1) is 0 Å². The maximum absolute atomic E-state index is 13.0. The molecule has 166 valence electrons. The third-order valence-electron chi connectivity index (χ3n) is 5.70. The van der Waals surface area contributed by atoms with Gasteiger partial charge in [0.25, 0.3) is 11.8 Å². The molecule has 1 saturated heterocycles. The van der Waals surface area contributed by atoms with E-state index in [1.54, 1.807) is 37.3 Å². The summed E-state index contributed by atoms with van der Waals surface area (Å²) < 4.78 is 10.6. The summed E-state index contributed by atoms with van der Waals surface area (Å²) in [5.74, 6) is 1.06. The number of carbonyl (C=O) groups excluding carboxylic acids is 2. The van der Waals surface area contributed by atoms with Crippen LogP contribution in [0.5, 0.6) is 11.5 Å². The highest BCUT2D eigenvalue weighted by Crippen LogP contribution is 2.28. The maximum atomic E-state index is 13.0. The molecule has 0 radical (unpaired) electrons. The molecule has 0 aliphatic carbocycles. The summed E-state index contributed by atoms with van der Waals surface area (Å²) >= 11 is 0. The van der Waals surface area contributed by atoms with E-state index < -0.39 is 0 Å². The van der Waals surface area contributed by atoms with Gasteiger partial charge in [0, 0.05) is 37.3 Å². The van der Waals surface area contributed by atoms with Crippen molar-refractivity contribution in [3.63, 3.8) is 0 Å². The van der Waals surface area contributed by atoms with Gasteiger partial charge < -0.3 is 19.3 Å². The average Bonchev–Trinajstić information content (AvgIpc) is 3.03. The van der Waals surface area contributed by atoms with Crippen LogP contribution in [-0.4, -0.2) is 62.0 Å². The number of hydrogen-bond donors (Lipinski definition) is 0. The van der Waals surface area contributed by atoms with Gasteiger partial charge in [0.15, 0.2) is 11.5 Å². The quantitative estimate of drug-likeness (QED) is 0.745. The van der Waals surface area contributed by atoms with Crippen LogP contribution in [0.4, 0.5) is 0 Å². The molecule has 6 nitrogen and oxygen atoms in total. The molecule has 2 aromatic carbocycles. The number of methoxy groups -OCH3 is 2. The van der Waals surface area contributed by atoms with E-state index in [1.807, 2.05) is 29.2 Å². The van der Waals surface area contributed by atoms with Crippen LogP contribution < -0.4 is 9.47 Å². The maximum Gasteiger partial charge on any atom is 0.254 e. The highest BCUT2D eigenvalue weighted by Gasteiger charge is 2.24. The van der Waals surface area contributed by atoms with E-state index in [2.05, 4.69) is 20.8 Å². The van der Waals surface area contributed by atoms with Crippen molar-refractivity contribution < 1.29 is 19.1 Å². The zero-order valence-electron chi connectivity index (χ0n) is 19.1. The fourth-order valence-corrected chi connectivity index (χ4v) is 3.77. The molecule has 0 saturated carbocycles. The monoisotopic (exact) mass is 424 g/mol. The summed E-state index contributed by atoms with van der Waals surface area (Å²) in [6, 6.07) is 13.0. The number of hydrogen-bond acceptors (Lipinski definition) is 4. The minimum atomic E-state index is -0.0650. The van der Waals surface area contributed by atoms with Gasteiger partial charge in [-0.3, -0.25) is 9.59 Å². The molecule has 0 unspecified atom stereocenters. The second-order valence-corrected chi connectivity index (χ2v) is 8.84. The molecule has 3 rings (SSSR count). The van der Waals surface area contributed by atoms with Gasteiger partial charge in [0.1, 0.15) is 0 Å². The van der Waals surface area contributed by atoms with E-state index in [4.69, 9.17) is 9.47 Å². The standard InChI is InChI=1S/C25H32N2O4/c1-25(2,3)20-10-7-18(8-11-20)23(28)26-13-6-14-27(16-15-26)24(29)19-9-12-21(30-4)22(17-19)31-5/h7-12,17H,6,13-16H2,1-5H3. The Morgan fingerprint density at radius 1 is 0.742 bits per heavy atom. The molecule has 0 atom stereocenters. The average molecular weight is 425 g/mol. The topological polar surface area (TPSA) is 59.1 Å². The van der Waals surface area contributed by atoms with Crippen molar-refractivity contribution in [2.24, 2.45) is 0 Å². The lowest BCUT2D eigenvalue weighted by Gasteiger charge is -2.23. The van der Waals surface area contributed by atoms with Crippen LogP contribution in [-0.2, 0) is 5.41 Å². The number of rotatable bonds is 4. The summed E-state index contributed by atoms with van der Waals surface area (Å²) in [5.41, 5.74) is 2.49.